The van der Waals surface area contributed by atoms with Crippen molar-refractivity contribution in [2.45, 2.75) is 41.0 Å². The van der Waals surface area contributed by atoms with Crippen LogP contribution in [0.25, 0.3) is 0 Å². The minimum Gasteiger partial charge on any atom is -0.481 e. The van der Waals surface area contributed by atoms with Crippen molar-refractivity contribution in [2.24, 2.45) is 17.3 Å². The van der Waals surface area contributed by atoms with E-state index in [2.05, 4.69) is 0 Å². The number of carboxylic acids is 1. The standard InChI is InChI=1S/C10H20O2/c1-6-10(7(2)3,8(4)5)9(11)12/h7-8H,6H2,1-5H3,(H,11,12). The van der Waals surface area contributed by atoms with Crippen LogP contribution in [0.2, 0.25) is 0 Å². The first-order valence-electron chi connectivity index (χ1n) is 4.63. The molecule has 0 aliphatic heterocycles. The summed E-state index contributed by atoms with van der Waals surface area (Å²) in [5.74, 6) is -0.269. The first kappa shape index (κ1) is 11.5. The van der Waals surface area contributed by atoms with Crippen molar-refractivity contribution in [2.75, 3.05) is 0 Å². The van der Waals surface area contributed by atoms with Crippen LogP contribution in [0, 0.1) is 17.3 Å². The number of carboxylic acid groups (broad SMARTS) is 1. The molecule has 0 atom stereocenters. The molecule has 72 valence electrons. The summed E-state index contributed by atoms with van der Waals surface area (Å²) < 4.78 is 0. The average Bonchev–Trinajstić information content (AvgIpc) is 1.86. The largest absolute Gasteiger partial charge is 0.481 e. The van der Waals surface area contributed by atoms with Crippen LogP contribution in [0.5, 0.6) is 0 Å². The van der Waals surface area contributed by atoms with Crippen LogP contribution < -0.4 is 0 Å². The Morgan fingerprint density at radius 3 is 1.58 bits per heavy atom. The fourth-order valence-corrected chi connectivity index (χ4v) is 2.13. The molecule has 0 amide bonds. The van der Waals surface area contributed by atoms with Gasteiger partial charge in [-0.2, -0.15) is 0 Å². The van der Waals surface area contributed by atoms with Gasteiger partial charge < -0.3 is 5.11 Å². The number of aliphatic carboxylic acids is 1. The number of hydrogen-bond donors (Lipinski definition) is 1. The highest BCUT2D eigenvalue weighted by Crippen LogP contribution is 2.39. The van der Waals surface area contributed by atoms with E-state index >= 15 is 0 Å². The van der Waals surface area contributed by atoms with Crippen LogP contribution in [-0.4, -0.2) is 11.1 Å². The number of rotatable bonds is 4. The van der Waals surface area contributed by atoms with Gasteiger partial charge in [0, 0.05) is 0 Å². The molecule has 0 aliphatic carbocycles. The van der Waals surface area contributed by atoms with Crippen molar-refractivity contribution in [3.8, 4) is 0 Å². The molecule has 0 unspecified atom stereocenters. The SMILES string of the molecule is CCC(C(=O)O)(C(C)C)C(C)C. The van der Waals surface area contributed by atoms with Crippen LogP contribution in [0.1, 0.15) is 41.0 Å². The Labute approximate surface area is 75.0 Å². The summed E-state index contributed by atoms with van der Waals surface area (Å²) in [6.07, 6.45) is 0.706. The van der Waals surface area contributed by atoms with Gasteiger partial charge >= 0.3 is 5.97 Å². The van der Waals surface area contributed by atoms with Crippen molar-refractivity contribution < 1.29 is 9.90 Å². The highest BCUT2D eigenvalue weighted by atomic mass is 16.4. The summed E-state index contributed by atoms with van der Waals surface area (Å²) in [4.78, 5) is 11.1. The Morgan fingerprint density at radius 1 is 1.25 bits per heavy atom. The van der Waals surface area contributed by atoms with Gasteiger partial charge in [0.25, 0.3) is 0 Å². The van der Waals surface area contributed by atoms with Gasteiger partial charge in [-0.05, 0) is 18.3 Å². The fourth-order valence-electron chi connectivity index (χ4n) is 2.13. The minimum absolute atomic E-state index is 0.194. The Balaban J connectivity index is 4.90. The summed E-state index contributed by atoms with van der Waals surface area (Å²) in [5, 5.41) is 9.16. The Kier molecular flexibility index (Phi) is 3.75. The van der Waals surface area contributed by atoms with Crippen molar-refractivity contribution in [1.29, 1.82) is 0 Å². The lowest BCUT2D eigenvalue weighted by atomic mass is 9.67. The quantitative estimate of drug-likeness (QED) is 0.708. The number of carbonyl (C=O) groups is 1. The Hall–Kier alpha value is -0.530. The van der Waals surface area contributed by atoms with Crippen LogP contribution in [-0.2, 0) is 4.79 Å². The third-order valence-corrected chi connectivity index (χ3v) is 3.04. The van der Waals surface area contributed by atoms with Gasteiger partial charge in [-0.15, -0.1) is 0 Å². The molecule has 0 aromatic heterocycles. The lowest BCUT2D eigenvalue weighted by Crippen LogP contribution is -2.40. The van der Waals surface area contributed by atoms with Crippen LogP contribution in [0.15, 0.2) is 0 Å². The molecule has 0 rings (SSSR count). The second-order valence-corrected chi connectivity index (χ2v) is 4.01. The molecule has 0 fully saturated rings. The lowest BCUT2D eigenvalue weighted by Gasteiger charge is -2.36. The maximum atomic E-state index is 11.1. The van der Waals surface area contributed by atoms with Gasteiger partial charge in [0.1, 0.15) is 0 Å². The molecule has 0 saturated carbocycles. The van der Waals surface area contributed by atoms with E-state index in [0.717, 1.165) is 0 Å². The normalized spacial score (nSPS) is 12.6. The molecule has 2 heteroatoms. The van der Waals surface area contributed by atoms with Crippen LogP contribution in [0.3, 0.4) is 0 Å². The van der Waals surface area contributed by atoms with E-state index in [1.165, 1.54) is 0 Å². The second-order valence-electron chi connectivity index (χ2n) is 4.01. The molecule has 0 aromatic rings. The second kappa shape index (κ2) is 3.92. The van der Waals surface area contributed by atoms with Crippen LogP contribution >= 0.6 is 0 Å². The highest BCUT2D eigenvalue weighted by molar-refractivity contribution is 5.75. The maximum absolute atomic E-state index is 11.1. The summed E-state index contributed by atoms with van der Waals surface area (Å²) in [5.41, 5.74) is -0.542. The van der Waals surface area contributed by atoms with E-state index in [1.807, 2.05) is 34.6 Å². The zero-order chi connectivity index (χ0) is 9.94. The Morgan fingerprint density at radius 2 is 1.58 bits per heavy atom. The summed E-state index contributed by atoms with van der Waals surface area (Å²) >= 11 is 0. The number of hydrogen-bond acceptors (Lipinski definition) is 1. The Bertz CT molecular complexity index is 151. The smallest absolute Gasteiger partial charge is 0.310 e. The van der Waals surface area contributed by atoms with Gasteiger partial charge in [0.15, 0.2) is 0 Å². The molecule has 0 aromatic carbocycles. The molecule has 0 bridgehead atoms. The van der Waals surface area contributed by atoms with Crippen molar-refractivity contribution in [1.82, 2.24) is 0 Å². The molecule has 1 N–H and O–H groups in total. The van der Waals surface area contributed by atoms with Gasteiger partial charge in [0.2, 0.25) is 0 Å². The molecular formula is C10H20O2. The van der Waals surface area contributed by atoms with E-state index in [0.29, 0.717) is 6.42 Å². The average molecular weight is 172 g/mol. The van der Waals surface area contributed by atoms with Gasteiger partial charge in [-0.3, -0.25) is 4.79 Å². The zero-order valence-electron chi connectivity index (χ0n) is 8.72. The summed E-state index contributed by atoms with van der Waals surface area (Å²) in [6.45, 7) is 9.89. The monoisotopic (exact) mass is 172 g/mol. The van der Waals surface area contributed by atoms with Crippen molar-refractivity contribution >= 4 is 5.97 Å². The molecule has 0 heterocycles. The predicted molar refractivity (Wildman–Crippen MR) is 50.0 cm³/mol. The molecule has 0 aliphatic rings. The van der Waals surface area contributed by atoms with Crippen molar-refractivity contribution in [3.05, 3.63) is 0 Å². The van der Waals surface area contributed by atoms with E-state index < -0.39 is 11.4 Å². The topological polar surface area (TPSA) is 37.3 Å². The van der Waals surface area contributed by atoms with E-state index in [9.17, 15) is 4.79 Å². The third kappa shape index (κ3) is 1.62. The summed E-state index contributed by atoms with van der Waals surface area (Å²) in [6, 6.07) is 0. The van der Waals surface area contributed by atoms with E-state index in [-0.39, 0.29) is 11.8 Å². The van der Waals surface area contributed by atoms with E-state index in [4.69, 9.17) is 5.11 Å². The maximum Gasteiger partial charge on any atom is 0.310 e. The minimum atomic E-state index is -0.657. The van der Waals surface area contributed by atoms with E-state index in [1.54, 1.807) is 0 Å². The first-order valence-corrected chi connectivity index (χ1v) is 4.63. The fraction of sp³-hybridized carbons (Fsp3) is 0.900. The molecule has 2 nitrogen and oxygen atoms in total. The predicted octanol–water partition coefficient (Wildman–Crippen LogP) is 2.78. The molecule has 12 heavy (non-hydrogen) atoms. The highest BCUT2D eigenvalue weighted by Gasteiger charge is 2.42. The van der Waals surface area contributed by atoms with Gasteiger partial charge in [0.05, 0.1) is 5.41 Å². The zero-order valence-corrected chi connectivity index (χ0v) is 8.72. The van der Waals surface area contributed by atoms with Crippen LogP contribution in [0.4, 0.5) is 0 Å². The molecule has 0 spiro atoms. The molecule has 0 radical (unpaired) electrons. The molecule has 0 saturated heterocycles. The van der Waals surface area contributed by atoms with Gasteiger partial charge in [-0.1, -0.05) is 34.6 Å². The van der Waals surface area contributed by atoms with Gasteiger partial charge in [-0.25, -0.2) is 0 Å². The lowest BCUT2D eigenvalue weighted by molar-refractivity contribution is -0.155. The van der Waals surface area contributed by atoms with Crippen molar-refractivity contribution in [3.63, 3.8) is 0 Å². The first-order chi connectivity index (χ1) is 5.39. The third-order valence-electron chi connectivity index (χ3n) is 3.04. The summed E-state index contributed by atoms with van der Waals surface area (Å²) in [7, 11) is 0. The molecular weight excluding hydrogens is 152 g/mol.